The van der Waals surface area contributed by atoms with Gasteiger partial charge in [0.25, 0.3) is 0 Å². The number of aliphatic hydroxyl groups is 2. The van der Waals surface area contributed by atoms with Gasteiger partial charge in [0.15, 0.2) is 12.1 Å². The number of ether oxygens (including phenoxy) is 4. The predicted molar refractivity (Wildman–Crippen MR) is 135 cm³/mol. The molecular formula is C30H42O6. The van der Waals surface area contributed by atoms with Gasteiger partial charge < -0.3 is 29.2 Å². The largest absolute Gasteiger partial charge is 0.390 e. The summed E-state index contributed by atoms with van der Waals surface area (Å²) in [5.74, 6) is 0.257. The van der Waals surface area contributed by atoms with E-state index < -0.39 is 17.0 Å². The van der Waals surface area contributed by atoms with Crippen LogP contribution < -0.4 is 0 Å². The van der Waals surface area contributed by atoms with Crippen molar-refractivity contribution < 1.29 is 29.2 Å². The number of allylic oxidation sites excluding steroid dienone is 1. The lowest BCUT2D eigenvalue weighted by molar-refractivity contribution is -0.246. The highest BCUT2D eigenvalue weighted by Crippen LogP contribution is 2.67. The molecule has 1 aliphatic heterocycles. The molecule has 0 aromatic heterocycles. The van der Waals surface area contributed by atoms with Crippen LogP contribution in [0.15, 0.2) is 35.4 Å². The van der Waals surface area contributed by atoms with Crippen LogP contribution in [0.25, 0.3) is 0 Å². The fourth-order valence-corrected chi connectivity index (χ4v) is 8.66. The zero-order chi connectivity index (χ0) is 25.3. The van der Waals surface area contributed by atoms with Crippen molar-refractivity contribution in [2.75, 3.05) is 27.4 Å². The molecule has 6 nitrogen and oxygen atoms in total. The Hall–Kier alpha value is -1.28. The van der Waals surface area contributed by atoms with Crippen LogP contribution in [0, 0.1) is 17.3 Å². The highest BCUT2D eigenvalue weighted by Gasteiger charge is 2.63. The van der Waals surface area contributed by atoms with E-state index >= 15 is 0 Å². The normalized spacial score (nSPS) is 42.2. The molecule has 2 unspecified atom stereocenters. The van der Waals surface area contributed by atoms with Crippen LogP contribution in [-0.4, -0.2) is 54.6 Å². The number of benzene rings is 1. The molecule has 4 aliphatic carbocycles. The van der Waals surface area contributed by atoms with Crippen LogP contribution in [0.3, 0.4) is 0 Å². The lowest BCUT2D eigenvalue weighted by Crippen LogP contribution is -2.55. The monoisotopic (exact) mass is 498 g/mol. The minimum atomic E-state index is -0.908. The molecule has 1 aromatic rings. The Morgan fingerprint density at radius 2 is 1.56 bits per heavy atom. The lowest BCUT2D eigenvalue weighted by atomic mass is 9.50. The van der Waals surface area contributed by atoms with Gasteiger partial charge in [-0.1, -0.05) is 36.8 Å². The van der Waals surface area contributed by atoms with Crippen molar-refractivity contribution in [2.45, 2.75) is 94.4 Å². The molecule has 0 bridgehead atoms. The first-order valence-electron chi connectivity index (χ1n) is 13.8. The highest BCUT2D eigenvalue weighted by molar-refractivity contribution is 5.44. The van der Waals surface area contributed by atoms with E-state index in [0.717, 1.165) is 50.5 Å². The van der Waals surface area contributed by atoms with E-state index in [1.54, 1.807) is 14.2 Å². The molecule has 6 rings (SSSR count). The predicted octanol–water partition coefficient (Wildman–Crippen LogP) is 5.00. The van der Waals surface area contributed by atoms with E-state index in [9.17, 15) is 10.2 Å². The van der Waals surface area contributed by atoms with Crippen molar-refractivity contribution in [2.24, 2.45) is 17.3 Å². The molecule has 3 saturated carbocycles. The Bertz CT molecular complexity index is 1020. The molecule has 1 saturated heterocycles. The Morgan fingerprint density at radius 3 is 2.22 bits per heavy atom. The first-order chi connectivity index (χ1) is 17.2. The average molecular weight is 499 g/mol. The van der Waals surface area contributed by atoms with Crippen LogP contribution in [0.5, 0.6) is 0 Å². The Labute approximate surface area is 215 Å². The molecule has 4 fully saturated rings. The second-order valence-electron chi connectivity index (χ2n) is 12.4. The zero-order valence-corrected chi connectivity index (χ0v) is 22.2. The Balaban J connectivity index is 1.44. The summed E-state index contributed by atoms with van der Waals surface area (Å²) < 4.78 is 23.0. The molecule has 1 aromatic carbocycles. The first-order valence-corrected chi connectivity index (χ1v) is 13.8. The fourth-order valence-electron chi connectivity index (χ4n) is 8.66. The van der Waals surface area contributed by atoms with Crippen LogP contribution in [0.2, 0.25) is 0 Å². The molecule has 2 N–H and O–H groups in total. The summed E-state index contributed by atoms with van der Waals surface area (Å²) in [7, 11) is 3.37. The topological polar surface area (TPSA) is 77.4 Å². The van der Waals surface area contributed by atoms with E-state index in [-0.39, 0.29) is 17.6 Å². The lowest BCUT2D eigenvalue weighted by Gasteiger charge is -2.57. The second-order valence-corrected chi connectivity index (χ2v) is 12.4. The Morgan fingerprint density at radius 1 is 0.889 bits per heavy atom. The highest BCUT2D eigenvalue weighted by atomic mass is 16.7. The number of fused-ring (bicyclic) bond motifs is 4. The third-order valence-electron chi connectivity index (χ3n) is 11.0. The molecule has 6 atom stereocenters. The maximum absolute atomic E-state index is 12.1. The molecule has 0 spiro atoms. The fraction of sp³-hybridized carbons (Fsp3) is 0.733. The van der Waals surface area contributed by atoms with Crippen molar-refractivity contribution in [3.63, 3.8) is 0 Å². The van der Waals surface area contributed by atoms with Crippen LogP contribution in [0.4, 0.5) is 0 Å². The van der Waals surface area contributed by atoms with Gasteiger partial charge in [-0.2, -0.15) is 0 Å². The maximum atomic E-state index is 12.1. The first kappa shape index (κ1) is 25.0. The maximum Gasteiger partial charge on any atom is 0.184 e. The standard InChI is InChI=1S/C30H42O6/c1-27-17-22(19-5-7-20(8-6-19)26-35-15-16-36-26)25-21(23(27)10-12-28(27,2)31)9-13-29(32)18-30(33-3,34-4)14-11-24(25)29/h5-8,21-23,26,31-32H,9-18H2,1-4H3/t21?,22-,23?,27+,28+,29-/m1/s1. The van der Waals surface area contributed by atoms with Gasteiger partial charge in [-0.25, -0.2) is 0 Å². The minimum Gasteiger partial charge on any atom is -0.390 e. The van der Waals surface area contributed by atoms with Crippen molar-refractivity contribution in [1.82, 2.24) is 0 Å². The summed E-state index contributed by atoms with van der Waals surface area (Å²) in [5.41, 5.74) is 3.20. The summed E-state index contributed by atoms with van der Waals surface area (Å²) in [4.78, 5) is 0. The average Bonchev–Trinajstić information content (AvgIpc) is 3.49. The summed E-state index contributed by atoms with van der Waals surface area (Å²) in [5, 5.41) is 23.7. The molecule has 198 valence electrons. The number of rotatable bonds is 4. The number of methoxy groups -OCH3 is 2. The van der Waals surface area contributed by atoms with Gasteiger partial charge in [0.2, 0.25) is 0 Å². The Kier molecular flexibility index (Phi) is 5.99. The molecule has 1 heterocycles. The van der Waals surface area contributed by atoms with Crippen molar-refractivity contribution in [1.29, 1.82) is 0 Å². The van der Waals surface area contributed by atoms with Gasteiger partial charge in [0.05, 0.1) is 24.4 Å². The van der Waals surface area contributed by atoms with E-state index in [1.165, 1.54) is 16.7 Å². The van der Waals surface area contributed by atoms with Crippen LogP contribution >= 0.6 is 0 Å². The van der Waals surface area contributed by atoms with Gasteiger partial charge in [0.1, 0.15) is 0 Å². The third kappa shape index (κ3) is 3.59. The van der Waals surface area contributed by atoms with Gasteiger partial charge in [-0.05, 0) is 68.4 Å². The smallest absolute Gasteiger partial charge is 0.184 e. The summed E-state index contributed by atoms with van der Waals surface area (Å²) in [6.45, 7) is 5.62. The van der Waals surface area contributed by atoms with E-state index in [4.69, 9.17) is 18.9 Å². The van der Waals surface area contributed by atoms with Gasteiger partial charge >= 0.3 is 0 Å². The SMILES string of the molecule is COC1(OC)CCC2=C3C(CC[C@@]2(O)C1)C1CC[C@](C)(O)[C@@]1(C)C[C@@H]3c1ccc(C2OCCO2)cc1. The van der Waals surface area contributed by atoms with Crippen molar-refractivity contribution in [3.8, 4) is 0 Å². The molecule has 36 heavy (non-hydrogen) atoms. The molecule has 5 aliphatic rings. The van der Waals surface area contributed by atoms with Gasteiger partial charge in [-0.15, -0.1) is 0 Å². The van der Waals surface area contributed by atoms with E-state index in [0.29, 0.717) is 31.5 Å². The van der Waals surface area contributed by atoms with E-state index in [2.05, 4.69) is 31.2 Å². The van der Waals surface area contributed by atoms with Crippen LogP contribution in [0.1, 0.15) is 88.5 Å². The third-order valence-corrected chi connectivity index (χ3v) is 11.0. The number of hydrogen-bond acceptors (Lipinski definition) is 6. The second kappa shape index (κ2) is 8.62. The van der Waals surface area contributed by atoms with Crippen LogP contribution in [-0.2, 0) is 18.9 Å². The van der Waals surface area contributed by atoms with Crippen molar-refractivity contribution >= 4 is 0 Å². The molecule has 6 heteroatoms. The summed E-state index contributed by atoms with van der Waals surface area (Å²) >= 11 is 0. The quantitative estimate of drug-likeness (QED) is 0.450. The molecule has 0 amide bonds. The molecule has 0 radical (unpaired) electrons. The summed E-state index contributed by atoms with van der Waals surface area (Å²) in [6, 6.07) is 8.69. The molecular weight excluding hydrogens is 456 g/mol. The number of hydrogen-bond donors (Lipinski definition) is 2. The summed E-state index contributed by atoms with van der Waals surface area (Å²) in [6.07, 6.45) is 6.16. The zero-order valence-electron chi connectivity index (χ0n) is 22.2. The van der Waals surface area contributed by atoms with Gasteiger partial charge in [0, 0.05) is 44.0 Å². The minimum absolute atomic E-state index is 0.157. The van der Waals surface area contributed by atoms with Gasteiger partial charge in [-0.3, -0.25) is 0 Å². The van der Waals surface area contributed by atoms with Crippen molar-refractivity contribution in [3.05, 3.63) is 46.5 Å². The van der Waals surface area contributed by atoms with E-state index in [1.807, 2.05) is 6.92 Å².